The van der Waals surface area contributed by atoms with Gasteiger partial charge in [-0.1, -0.05) is 12.1 Å². The maximum absolute atomic E-state index is 10.9. The molecule has 0 spiro atoms. The number of oxime groups is 1. The number of ether oxygens (including phenoxy) is 1. The minimum atomic E-state index is -0.544. The highest BCUT2D eigenvalue weighted by Crippen LogP contribution is 2.26. The number of nitrogens with zero attached hydrogens (tertiary/aromatic N) is 5. The fourth-order valence-electron chi connectivity index (χ4n) is 1.97. The average molecular weight is 395 g/mol. The molecule has 3 aromatic rings. The van der Waals surface area contributed by atoms with Crippen LogP contribution in [0.4, 0.5) is 11.4 Å². The summed E-state index contributed by atoms with van der Waals surface area (Å²) in [7, 11) is 0. The van der Waals surface area contributed by atoms with Crippen LogP contribution < -0.4 is 4.74 Å². The first-order valence-corrected chi connectivity index (χ1v) is 8.69. The van der Waals surface area contributed by atoms with Crippen LogP contribution in [0.5, 0.6) is 5.75 Å². The van der Waals surface area contributed by atoms with Gasteiger partial charge in [-0.05, 0) is 53.3 Å². The molecule has 0 amide bonds. The van der Waals surface area contributed by atoms with Crippen LogP contribution in [-0.4, -0.2) is 27.7 Å². The van der Waals surface area contributed by atoms with E-state index >= 15 is 0 Å². The second kappa shape index (κ2) is 9.78. The Morgan fingerprint density at radius 2 is 1.75 bits per heavy atom. The van der Waals surface area contributed by atoms with E-state index in [1.165, 1.54) is 23.9 Å². The zero-order valence-corrected chi connectivity index (χ0v) is 15.1. The molecule has 0 atom stereocenters. The van der Waals surface area contributed by atoms with Gasteiger partial charge in [0.2, 0.25) is 18.6 Å². The highest BCUT2D eigenvalue weighted by Gasteiger charge is 2.12. The van der Waals surface area contributed by atoms with Crippen LogP contribution in [0.1, 0.15) is 0 Å². The second-order valence-corrected chi connectivity index (χ2v) is 6.06. The Bertz CT molecular complexity index is 981. The number of nitro benzene ring substituents is 1. The largest absolute Gasteiger partial charge is 0.435 e. The molecule has 0 fully saturated rings. The van der Waals surface area contributed by atoms with E-state index in [1.54, 1.807) is 42.7 Å². The van der Waals surface area contributed by atoms with Crippen molar-refractivity contribution in [2.45, 2.75) is 10.1 Å². The van der Waals surface area contributed by atoms with E-state index in [4.69, 9.17) is 9.57 Å². The summed E-state index contributed by atoms with van der Waals surface area (Å²) in [5, 5.41) is 15.0. The lowest BCUT2D eigenvalue weighted by molar-refractivity contribution is -0.385. The Balaban J connectivity index is 1.48. The predicted octanol–water partition coefficient (Wildman–Crippen LogP) is 4.23. The number of rotatable bonds is 8. The SMILES string of the molecule is O=[N+]([O-])c1ccccc1OC=NOC=Nc1ccc(Sc2ncccn2)cc1. The summed E-state index contributed by atoms with van der Waals surface area (Å²) in [6.07, 6.45) is 5.45. The standard InChI is InChI=1S/C18H13N5O4S/c24-23(25)16-4-1-2-5-17(16)26-13-22-27-12-21-14-6-8-15(9-7-14)28-18-19-10-3-11-20-18/h1-13H. The molecular formula is C18H13N5O4S. The molecular weight excluding hydrogens is 382 g/mol. The highest BCUT2D eigenvalue weighted by molar-refractivity contribution is 7.99. The Labute approximate surface area is 163 Å². The lowest BCUT2D eigenvalue weighted by atomic mass is 10.3. The summed E-state index contributed by atoms with van der Waals surface area (Å²) in [5.41, 5.74) is 0.495. The zero-order chi connectivity index (χ0) is 19.6. The Kier molecular flexibility index (Phi) is 6.63. The average Bonchev–Trinajstić information content (AvgIpc) is 2.73. The van der Waals surface area contributed by atoms with Gasteiger partial charge >= 0.3 is 5.69 Å². The van der Waals surface area contributed by atoms with Crippen LogP contribution in [0.2, 0.25) is 0 Å². The maximum atomic E-state index is 10.9. The molecule has 0 radical (unpaired) electrons. The van der Waals surface area contributed by atoms with Gasteiger partial charge in [-0.2, -0.15) is 0 Å². The number of nitro groups is 1. The number of aliphatic imine (C=N–C) groups is 1. The van der Waals surface area contributed by atoms with Gasteiger partial charge in [0.25, 0.3) is 0 Å². The zero-order valence-electron chi connectivity index (χ0n) is 14.3. The molecule has 0 aliphatic heterocycles. The van der Waals surface area contributed by atoms with Crippen LogP contribution in [0.25, 0.3) is 0 Å². The monoisotopic (exact) mass is 395 g/mol. The molecule has 0 aliphatic rings. The van der Waals surface area contributed by atoms with Crippen molar-refractivity contribution in [2.24, 2.45) is 10.1 Å². The second-order valence-electron chi connectivity index (χ2n) is 5.02. The lowest BCUT2D eigenvalue weighted by Gasteiger charge is -2.00. The number of para-hydroxylation sites is 2. The molecule has 2 aromatic carbocycles. The fourth-order valence-corrected chi connectivity index (χ4v) is 2.68. The third kappa shape index (κ3) is 5.61. The summed E-state index contributed by atoms with van der Waals surface area (Å²) < 4.78 is 5.09. The van der Waals surface area contributed by atoms with E-state index in [9.17, 15) is 10.1 Å². The number of hydrogen-bond donors (Lipinski definition) is 0. The molecule has 140 valence electrons. The van der Waals surface area contributed by atoms with Crippen molar-refractivity contribution in [1.29, 1.82) is 0 Å². The van der Waals surface area contributed by atoms with Crippen LogP contribution in [-0.2, 0) is 4.84 Å². The molecule has 1 heterocycles. The van der Waals surface area contributed by atoms with Gasteiger partial charge in [0.15, 0.2) is 5.16 Å². The van der Waals surface area contributed by atoms with E-state index < -0.39 is 4.92 Å². The van der Waals surface area contributed by atoms with Crippen molar-refractivity contribution < 1.29 is 14.5 Å². The molecule has 0 unspecified atom stereocenters. The van der Waals surface area contributed by atoms with Gasteiger partial charge in [0.1, 0.15) is 0 Å². The van der Waals surface area contributed by atoms with Crippen molar-refractivity contribution in [3.8, 4) is 5.75 Å². The number of aromatic nitrogens is 2. The van der Waals surface area contributed by atoms with Gasteiger partial charge in [-0.25, -0.2) is 15.0 Å². The van der Waals surface area contributed by atoms with E-state index in [2.05, 4.69) is 20.1 Å². The van der Waals surface area contributed by atoms with Gasteiger partial charge < -0.3 is 9.57 Å². The van der Waals surface area contributed by atoms with Gasteiger partial charge in [0, 0.05) is 23.4 Å². The van der Waals surface area contributed by atoms with Crippen LogP contribution in [0, 0.1) is 10.1 Å². The molecule has 28 heavy (non-hydrogen) atoms. The topological polar surface area (TPSA) is 112 Å². The number of benzene rings is 2. The summed E-state index contributed by atoms with van der Waals surface area (Å²) in [6, 6.07) is 15.1. The normalized spacial score (nSPS) is 11.0. The first kappa shape index (κ1) is 19.0. The molecule has 0 bridgehead atoms. The summed E-state index contributed by atoms with van der Waals surface area (Å²) in [5.74, 6) is 0.0623. The van der Waals surface area contributed by atoms with Crippen molar-refractivity contribution in [2.75, 3.05) is 0 Å². The minimum Gasteiger partial charge on any atom is -0.435 e. The van der Waals surface area contributed by atoms with E-state index in [0.29, 0.717) is 10.8 Å². The highest BCUT2D eigenvalue weighted by atomic mass is 32.2. The molecule has 0 saturated heterocycles. The van der Waals surface area contributed by atoms with Crippen molar-refractivity contribution >= 4 is 35.9 Å². The van der Waals surface area contributed by atoms with Crippen LogP contribution >= 0.6 is 11.8 Å². The van der Waals surface area contributed by atoms with Crippen molar-refractivity contribution in [1.82, 2.24) is 9.97 Å². The first-order chi connectivity index (χ1) is 13.7. The minimum absolute atomic E-state index is 0.0623. The quantitative estimate of drug-likeness (QED) is 0.184. The molecule has 10 heteroatoms. The van der Waals surface area contributed by atoms with Crippen molar-refractivity contribution in [3.63, 3.8) is 0 Å². The Hall–Kier alpha value is -3.79. The van der Waals surface area contributed by atoms with E-state index in [-0.39, 0.29) is 11.4 Å². The van der Waals surface area contributed by atoms with Gasteiger partial charge in [-0.3, -0.25) is 10.1 Å². The smallest absolute Gasteiger partial charge is 0.311 e. The molecule has 1 aromatic heterocycles. The Morgan fingerprint density at radius 3 is 2.50 bits per heavy atom. The van der Waals surface area contributed by atoms with E-state index in [0.717, 1.165) is 17.7 Å². The summed E-state index contributed by atoms with van der Waals surface area (Å²) in [4.78, 5) is 28.5. The van der Waals surface area contributed by atoms with Crippen LogP contribution in [0.15, 0.2) is 87.2 Å². The summed E-state index contributed by atoms with van der Waals surface area (Å²) in [6.45, 7) is 0. The molecule has 0 saturated carbocycles. The predicted molar refractivity (Wildman–Crippen MR) is 104 cm³/mol. The first-order valence-electron chi connectivity index (χ1n) is 7.87. The number of hydrogen-bond acceptors (Lipinski definition) is 9. The Morgan fingerprint density at radius 1 is 1.00 bits per heavy atom. The van der Waals surface area contributed by atoms with Gasteiger partial charge in [-0.15, -0.1) is 0 Å². The maximum Gasteiger partial charge on any atom is 0.311 e. The fraction of sp³-hybridized carbons (Fsp3) is 0. The van der Waals surface area contributed by atoms with Gasteiger partial charge in [0.05, 0.1) is 10.6 Å². The van der Waals surface area contributed by atoms with Crippen molar-refractivity contribution in [3.05, 3.63) is 77.1 Å². The lowest BCUT2D eigenvalue weighted by Crippen LogP contribution is -1.96. The third-order valence-corrected chi connectivity index (χ3v) is 4.08. The van der Waals surface area contributed by atoms with E-state index in [1.807, 2.05) is 12.1 Å². The summed E-state index contributed by atoms with van der Waals surface area (Å²) >= 11 is 1.44. The van der Waals surface area contributed by atoms with Crippen LogP contribution in [0.3, 0.4) is 0 Å². The molecule has 0 N–H and O–H groups in total. The third-order valence-electron chi connectivity index (χ3n) is 3.18. The molecule has 0 aliphatic carbocycles. The molecule has 9 nitrogen and oxygen atoms in total. The molecule has 3 rings (SSSR count).